The monoisotopic (exact) mass is 172 g/mol. The smallest absolute Gasteiger partial charge is 0.182 e. The fourth-order valence-corrected chi connectivity index (χ4v) is 0.557. The summed E-state index contributed by atoms with van der Waals surface area (Å²) in [4.78, 5) is 9.31. The first-order chi connectivity index (χ1) is 5.02. The SMILES string of the molecule is CC(=O)S.Cc1ccc(C)o1. The van der Waals surface area contributed by atoms with E-state index in [0.717, 1.165) is 11.5 Å². The Bertz CT molecular complexity index is 207. The molecule has 1 rings (SSSR count). The summed E-state index contributed by atoms with van der Waals surface area (Å²) in [5, 5.41) is -0.139. The van der Waals surface area contributed by atoms with Crippen LogP contribution in [0.4, 0.5) is 0 Å². The highest BCUT2D eigenvalue weighted by Crippen LogP contribution is 2.02. The molecule has 2 nitrogen and oxygen atoms in total. The molecule has 3 heteroatoms. The minimum absolute atomic E-state index is 0.139. The highest BCUT2D eigenvalue weighted by molar-refractivity contribution is 7.96. The largest absolute Gasteiger partial charge is 0.467 e. The van der Waals surface area contributed by atoms with Crippen molar-refractivity contribution in [3.8, 4) is 0 Å². The molecule has 0 saturated carbocycles. The van der Waals surface area contributed by atoms with Crippen molar-refractivity contribution in [2.75, 3.05) is 0 Å². The molecule has 0 bridgehead atoms. The molecule has 0 atom stereocenters. The Hall–Kier alpha value is -0.700. The summed E-state index contributed by atoms with van der Waals surface area (Å²) in [5.41, 5.74) is 0. The van der Waals surface area contributed by atoms with Gasteiger partial charge in [-0.15, -0.1) is 12.6 Å². The van der Waals surface area contributed by atoms with E-state index in [0.29, 0.717) is 0 Å². The summed E-state index contributed by atoms with van der Waals surface area (Å²) in [6.07, 6.45) is 0. The number of carbonyl (C=O) groups excluding carboxylic acids is 1. The van der Waals surface area contributed by atoms with Crippen LogP contribution in [0, 0.1) is 13.8 Å². The van der Waals surface area contributed by atoms with Crippen LogP contribution in [-0.4, -0.2) is 5.12 Å². The van der Waals surface area contributed by atoms with E-state index in [1.807, 2.05) is 26.0 Å². The number of aryl methyl sites for hydroxylation is 2. The van der Waals surface area contributed by atoms with Crippen molar-refractivity contribution in [1.29, 1.82) is 0 Å². The molecule has 1 aromatic heterocycles. The van der Waals surface area contributed by atoms with Gasteiger partial charge in [0, 0.05) is 6.92 Å². The molecule has 0 aliphatic rings. The topological polar surface area (TPSA) is 30.2 Å². The molecule has 0 aromatic carbocycles. The molecule has 0 aliphatic heterocycles. The van der Waals surface area contributed by atoms with Crippen molar-refractivity contribution in [3.63, 3.8) is 0 Å². The lowest BCUT2D eigenvalue weighted by Crippen LogP contribution is -1.62. The van der Waals surface area contributed by atoms with Crippen LogP contribution in [0.1, 0.15) is 18.4 Å². The fourth-order valence-electron chi connectivity index (χ4n) is 0.557. The lowest BCUT2D eigenvalue weighted by molar-refractivity contribution is -0.108. The molecule has 0 amide bonds. The molecule has 0 N–H and O–H groups in total. The second-order valence-electron chi connectivity index (χ2n) is 2.18. The Balaban J connectivity index is 0.000000218. The van der Waals surface area contributed by atoms with Gasteiger partial charge in [-0.05, 0) is 26.0 Å². The van der Waals surface area contributed by atoms with E-state index in [9.17, 15) is 4.79 Å². The van der Waals surface area contributed by atoms with Crippen LogP contribution in [0.15, 0.2) is 16.5 Å². The Morgan fingerprint density at radius 2 is 1.64 bits per heavy atom. The second-order valence-corrected chi connectivity index (χ2v) is 2.81. The highest BCUT2D eigenvalue weighted by Gasteiger charge is 1.85. The summed E-state index contributed by atoms with van der Waals surface area (Å²) < 4.78 is 5.08. The van der Waals surface area contributed by atoms with Gasteiger partial charge in [0.1, 0.15) is 11.5 Å². The maximum atomic E-state index is 9.31. The molecule has 0 saturated heterocycles. The zero-order valence-electron chi connectivity index (χ0n) is 6.92. The molecular weight excluding hydrogens is 160 g/mol. The van der Waals surface area contributed by atoms with Crippen LogP contribution in [-0.2, 0) is 4.79 Å². The molecule has 0 aliphatic carbocycles. The normalized spacial score (nSPS) is 8.36. The third-order valence-corrected chi connectivity index (χ3v) is 0.875. The lowest BCUT2D eigenvalue weighted by atomic mass is 10.5. The number of hydrogen-bond acceptors (Lipinski definition) is 2. The first-order valence-electron chi connectivity index (χ1n) is 3.25. The van der Waals surface area contributed by atoms with Crippen LogP contribution in [0.5, 0.6) is 0 Å². The maximum Gasteiger partial charge on any atom is 0.182 e. The zero-order valence-corrected chi connectivity index (χ0v) is 7.81. The fraction of sp³-hybridized carbons (Fsp3) is 0.375. The van der Waals surface area contributed by atoms with E-state index in [2.05, 4.69) is 12.6 Å². The van der Waals surface area contributed by atoms with E-state index in [1.54, 1.807) is 0 Å². The van der Waals surface area contributed by atoms with E-state index in [1.165, 1.54) is 6.92 Å². The van der Waals surface area contributed by atoms with Crippen LogP contribution in [0.25, 0.3) is 0 Å². The molecule has 11 heavy (non-hydrogen) atoms. The predicted octanol–water partition coefficient (Wildman–Crippen LogP) is 2.36. The quantitative estimate of drug-likeness (QED) is 0.609. The molecule has 1 aromatic rings. The van der Waals surface area contributed by atoms with Crippen LogP contribution < -0.4 is 0 Å². The molecule has 0 fully saturated rings. The van der Waals surface area contributed by atoms with Crippen molar-refractivity contribution < 1.29 is 9.21 Å². The number of rotatable bonds is 0. The number of hydrogen-bond donors (Lipinski definition) is 1. The maximum absolute atomic E-state index is 9.31. The summed E-state index contributed by atoms with van der Waals surface area (Å²) >= 11 is 3.33. The van der Waals surface area contributed by atoms with E-state index >= 15 is 0 Å². The van der Waals surface area contributed by atoms with Gasteiger partial charge in [0.25, 0.3) is 0 Å². The molecule has 0 spiro atoms. The summed E-state index contributed by atoms with van der Waals surface area (Å²) in [6.45, 7) is 5.27. The Morgan fingerprint density at radius 3 is 1.73 bits per heavy atom. The average molecular weight is 172 g/mol. The zero-order chi connectivity index (χ0) is 8.85. The minimum atomic E-state index is -0.139. The van der Waals surface area contributed by atoms with E-state index in [4.69, 9.17) is 4.42 Å². The van der Waals surface area contributed by atoms with Gasteiger partial charge >= 0.3 is 0 Å². The van der Waals surface area contributed by atoms with Gasteiger partial charge in [-0.25, -0.2) is 0 Å². The third kappa shape index (κ3) is 7.19. The molecule has 1 heterocycles. The second kappa shape index (κ2) is 5.02. The molecule has 0 unspecified atom stereocenters. The van der Waals surface area contributed by atoms with Gasteiger partial charge in [-0.1, -0.05) is 0 Å². The van der Waals surface area contributed by atoms with E-state index in [-0.39, 0.29) is 5.12 Å². The van der Waals surface area contributed by atoms with Crippen LogP contribution in [0.3, 0.4) is 0 Å². The van der Waals surface area contributed by atoms with Gasteiger partial charge in [-0.3, -0.25) is 4.79 Å². The first-order valence-corrected chi connectivity index (χ1v) is 3.69. The molecule has 62 valence electrons. The van der Waals surface area contributed by atoms with Crippen molar-refractivity contribution in [3.05, 3.63) is 23.7 Å². The van der Waals surface area contributed by atoms with Crippen LogP contribution >= 0.6 is 12.6 Å². The van der Waals surface area contributed by atoms with Crippen molar-refractivity contribution in [2.24, 2.45) is 0 Å². The molecular formula is C8H12O2S. The van der Waals surface area contributed by atoms with Crippen molar-refractivity contribution in [2.45, 2.75) is 20.8 Å². The number of carbonyl (C=O) groups is 1. The Morgan fingerprint density at radius 1 is 1.36 bits per heavy atom. The van der Waals surface area contributed by atoms with Gasteiger partial charge in [0.05, 0.1) is 0 Å². The molecule has 0 radical (unpaired) electrons. The van der Waals surface area contributed by atoms with Gasteiger partial charge < -0.3 is 4.42 Å². The van der Waals surface area contributed by atoms with Gasteiger partial charge in [0.2, 0.25) is 0 Å². The Labute approximate surface area is 72.0 Å². The predicted molar refractivity (Wildman–Crippen MR) is 47.8 cm³/mol. The Kier molecular flexibility index (Phi) is 4.70. The summed E-state index contributed by atoms with van der Waals surface area (Å²) in [6, 6.07) is 3.91. The van der Waals surface area contributed by atoms with Gasteiger partial charge in [-0.2, -0.15) is 0 Å². The standard InChI is InChI=1S/C6H8O.C2H4OS/c1-5-3-4-6(2)7-5;1-2(3)4/h3-4H,1-2H3;1H3,(H,3,4). The summed E-state index contributed by atoms with van der Waals surface area (Å²) in [7, 11) is 0. The van der Waals surface area contributed by atoms with E-state index < -0.39 is 0 Å². The third-order valence-electron chi connectivity index (χ3n) is 0.875. The highest BCUT2D eigenvalue weighted by atomic mass is 32.1. The van der Waals surface area contributed by atoms with Crippen molar-refractivity contribution in [1.82, 2.24) is 0 Å². The van der Waals surface area contributed by atoms with Crippen molar-refractivity contribution >= 4 is 17.7 Å². The van der Waals surface area contributed by atoms with Gasteiger partial charge in [0.15, 0.2) is 5.12 Å². The number of furan rings is 1. The van der Waals surface area contributed by atoms with Crippen LogP contribution in [0.2, 0.25) is 0 Å². The first kappa shape index (κ1) is 10.3. The minimum Gasteiger partial charge on any atom is -0.467 e. The summed E-state index contributed by atoms with van der Waals surface area (Å²) in [5.74, 6) is 1.97. The number of thiol groups is 1. The average Bonchev–Trinajstić information content (AvgIpc) is 2.13. The lowest BCUT2D eigenvalue weighted by Gasteiger charge is -1.76.